The molecule has 0 saturated heterocycles. The molecule has 2 N–H and O–H groups in total. The van der Waals surface area contributed by atoms with Crippen LogP contribution in [0.4, 0.5) is 0 Å². The van der Waals surface area contributed by atoms with Gasteiger partial charge in [-0.1, -0.05) is 67.5 Å². The monoisotopic (exact) mass is 382 g/mol. The van der Waals surface area contributed by atoms with Crippen molar-refractivity contribution < 1.29 is 10.2 Å². The zero-order valence-corrected chi connectivity index (χ0v) is 19.4. The summed E-state index contributed by atoms with van der Waals surface area (Å²) in [7, 11) is 0. The molecule has 2 aromatic rings. The molecule has 0 unspecified atom stereocenters. The number of aromatic hydroxyl groups is 2. The van der Waals surface area contributed by atoms with Crippen molar-refractivity contribution in [1.29, 1.82) is 0 Å². The van der Waals surface area contributed by atoms with Gasteiger partial charge < -0.3 is 10.2 Å². The van der Waals surface area contributed by atoms with Gasteiger partial charge in [0.05, 0.1) is 0 Å². The van der Waals surface area contributed by atoms with Gasteiger partial charge in [0, 0.05) is 5.92 Å². The van der Waals surface area contributed by atoms with Crippen molar-refractivity contribution in [2.75, 3.05) is 0 Å². The Labute approximate surface area is 171 Å². The Hall–Kier alpha value is -1.96. The smallest absolute Gasteiger partial charge is 0.118 e. The van der Waals surface area contributed by atoms with Crippen LogP contribution in [0, 0.1) is 19.8 Å². The molecule has 2 nitrogen and oxygen atoms in total. The summed E-state index contributed by atoms with van der Waals surface area (Å²) in [6.45, 7) is 21.8. The van der Waals surface area contributed by atoms with E-state index in [1.54, 1.807) is 0 Å². The van der Waals surface area contributed by atoms with Crippen molar-refractivity contribution in [3.8, 4) is 11.5 Å². The Bertz CT molecular complexity index is 792. The van der Waals surface area contributed by atoms with Gasteiger partial charge in [-0.3, -0.25) is 0 Å². The molecule has 0 amide bonds. The van der Waals surface area contributed by atoms with Gasteiger partial charge in [-0.05, 0) is 76.1 Å². The van der Waals surface area contributed by atoms with Crippen LogP contribution in [-0.2, 0) is 10.8 Å². The molecule has 0 aromatic heterocycles. The van der Waals surface area contributed by atoms with E-state index in [-0.39, 0.29) is 16.7 Å². The average Bonchev–Trinajstić information content (AvgIpc) is 2.51. The molecule has 0 fully saturated rings. The highest BCUT2D eigenvalue weighted by Gasteiger charge is 2.33. The molecule has 0 aliphatic heterocycles. The Kier molecular flexibility index (Phi) is 5.95. The van der Waals surface area contributed by atoms with Crippen LogP contribution >= 0.6 is 0 Å². The van der Waals surface area contributed by atoms with Crippen molar-refractivity contribution in [2.45, 2.75) is 86.0 Å². The van der Waals surface area contributed by atoms with Gasteiger partial charge in [-0.25, -0.2) is 0 Å². The summed E-state index contributed by atoms with van der Waals surface area (Å²) in [5, 5.41) is 20.8. The second kappa shape index (κ2) is 7.46. The first kappa shape index (κ1) is 22.3. The number of phenols is 2. The minimum absolute atomic E-state index is 0.0842. The molecule has 2 heteroatoms. The van der Waals surface area contributed by atoms with Crippen LogP contribution in [0.5, 0.6) is 11.5 Å². The van der Waals surface area contributed by atoms with Gasteiger partial charge in [0.25, 0.3) is 0 Å². The molecule has 0 saturated carbocycles. The molecular weight excluding hydrogens is 344 g/mol. The van der Waals surface area contributed by atoms with Crippen LogP contribution in [0.1, 0.15) is 94.7 Å². The number of phenolic OH excluding ortho intramolecular Hbond substituents is 2. The first-order valence-corrected chi connectivity index (χ1v) is 10.3. The van der Waals surface area contributed by atoms with Gasteiger partial charge >= 0.3 is 0 Å². The lowest BCUT2D eigenvalue weighted by Crippen LogP contribution is -2.24. The summed E-state index contributed by atoms with van der Waals surface area (Å²) in [6, 6.07) is 7.86. The molecule has 0 bridgehead atoms. The van der Waals surface area contributed by atoms with Crippen molar-refractivity contribution in [3.05, 3.63) is 57.6 Å². The second-order valence-corrected chi connectivity index (χ2v) is 10.6. The number of benzene rings is 2. The van der Waals surface area contributed by atoms with Crippen molar-refractivity contribution in [3.63, 3.8) is 0 Å². The van der Waals surface area contributed by atoms with Crippen LogP contribution in [0.25, 0.3) is 0 Å². The van der Waals surface area contributed by atoms with Crippen LogP contribution < -0.4 is 0 Å². The van der Waals surface area contributed by atoms with Crippen molar-refractivity contribution in [1.82, 2.24) is 0 Å². The Morgan fingerprint density at radius 3 is 1.21 bits per heavy atom. The minimum atomic E-state index is -0.0842. The predicted molar refractivity (Wildman–Crippen MR) is 120 cm³/mol. The van der Waals surface area contributed by atoms with E-state index in [9.17, 15) is 10.2 Å². The van der Waals surface area contributed by atoms with Crippen LogP contribution in [0.15, 0.2) is 24.3 Å². The fourth-order valence-corrected chi connectivity index (χ4v) is 4.84. The molecule has 0 radical (unpaired) electrons. The third kappa shape index (κ3) is 4.06. The Morgan fingerprint density at radius 1 is 0.643 bits per heavy atom. The van der Waals surface area contributed by atoms with E-state index in [1.165, 1.54) is 22.3 Å². The molecule has 0 atom stereocenters. The highest BCUT2D eigenvalue weighted by atomic mass is 16.3. The highest BCUT2D eigenvalue weighted by Crippen LogP contribution is 2.46. The molecule has 0 heterocycles. The summed E-state index contributed by atoms with van der Waals surface area (Å²) in [6.07, 6.45) is 0. The summed E-state index contributed by atoms with van der Waals surface area (Å²) < 4.78 is 0. The van der Waals surface area contributed by atoms with E-state index in [4.69, 9.17) is 0 Å². The fraction of sp³-hybridized carbons (Fsp3) is 0.538. The molecule has 154 valence electrons. The van der Waals surface area contributed by atoms with Gasteiger partial charge in [-0.2, -0.15) is 0 Å². The van der Waals surface area contributed by atoms with E-state index >= 15 is 0 Å². The van der Waals surface area contributed by atoms with E-state index in [2.05, 4.69) is 67.5 Å². The van der Waals surface area contributed by atoms with Crippen molar-refractivity contribution >= 4 is 0 Å². The molecule has 2 aromatic carbocycles. The normalized spacial score (nSPS) is 12.9. The van der Waals surface area contributed by atoms with Gasteiger partial charge in [0.2, 0.25) is 0 Å². The topological polar surface area (TPSA) is 40.5 Å². The quantitative estimate of drug-likeness (QED) is 0.594. The summed E-state index contributed by atoms with van der Waals surface area (Å²) in [5.41, 5.74) is 6.74. The minimum Gasteiger partial charge on any atom is -0.508 e. The van der Waals surface area contributed by atoms with Gasteiger partial charge in [0.15, 0.2) is 0 Å². The summed E-state index contributed by atoms with van der Waals surface area (Å²) >= 11 is 0. The lowest BCUT2D eigenvalue weighted by Gasteiger charge is -2.35. The number of hydrogen-bond donors (Lipinski definition) is 2. The lowest BCUT2D eigenvalue weighted by molar-refractivity contribution is 0.456. The SMILES string of the molecule is Cc1c(O)ccc(C(c2ccc(O)c(C)c2C(C)(C)C)C(C)C)c1C(C)(C)C. The number of rotatable bonds is 3. The van der Waals surface area contributed by atoms with Crippen LogP contribution in [0.3, 0.4) is 0 Å². The summed E-state index contributed by atoms with van der Waals surface area (Å²) in [4.78, 5) is 0. The molecular formula is C26H38O2. The molecule has 2 rings (SSSR count). The maximum Gasteiger partial charge on any atom is 0.118 e. The standard InChI is InChI=1S/C26H38O2/c1-15(2)22(18-11-13-20(27)16(3)23(18)25(5,6)7)19-12-14-21(28)17(4)24(19)26(8,9)10/h11-15,22,27-28H,1-10H3. The molecule has 0 spiro atoms. The van der Waals surface area contributed by atoms with E-state index in [0.29, 0.717) is 17.4 Å². The molecule has 28 heavy (non-hydrogen) atoms. The third-order valence-corrected chi connectivity index (χ3v) is 5.77. The first-order valence-electron chi connectivity index (χ1n) is 10.3. The molecule has 0 aliphatic rings. The Morgan fingerprint density at radius 2 is 0.964 bits per heavy atom. The van der Waals surface area contributed by atoms with E-state index < -0.39 is 0 Å². The second-order valence-electron chi connectivity index (χ2n) is 10.6. The maximum absolute atomic E-state index is 10.4. The number of hydrogen-bond acceptors (Lipinski definition) is 2. The van der Waals surface area contributed by atoms with Crippen LogP contribution in [-0.4, -0.2) is 10.2 Å². The highest BCUT2D eigenvalue weighted by molar-refractivity contribution is 5.55. The first-order chi connectivity index (χ1) is 12.7. The van der Waals surface area contributed by atoms with Crippen molar-refractivity contribution in [2.24, 2.45) is 5.92 Å². The Balaban J connectivity index is 2.92. The fourth-order valence-electron chi connectivity index (χ4n) is 4.84. The summed E-state index contributed by atoms with van der Waals surface area (Å²) in [5.74, 6) is 1.26. The average molecular weight is 383 g/mol. The van der Waals surface area contributed by atoms with Gasteiger partial charge in [0.1, 0.15) is 11.5 Å². The van der Waals surface area contributed by atoms with Gasteiger partial charge in [-0.15, -0.1) is 0 Å². The maximum atomic E-state index is 10.4. The third-order valence-electron chi connectivity index (χ3n) is 5.77. The largest absolute Gasteiger partial charge is 0.508 e. The molecule has 0 aliphatic carbocycles. The predicted octanol–water partition coefficient (Wildman–Crippen LogP) is 7.10. The zero-order chi connectivity index (χ0) is 21.6. The zero-order valence-electron chi connectivity index (χ0n) is 19.4. The van der Waals surface area contributed by atoms with E-state index in [0.717, 1.165) is 11.1 Å². The van der Waals surface area contributed by atoms with Crippen LogP contribution in [0.2, 0.25) is 0 Å². The lowest BCUT2D eigenvalue weighted by atomic mass is 9.69. The van der Waals surface area contributed by atoms with E-state index in [1.807, 2.05) is 26.0 Å².